The van der Waals surface area contributed by atoms with Gasteiger partial charge < -0.3 is 16.0 Å². The third-order valence-corrected chi connectivity index (χ3v) is 3.48. The highest BCUT2D eigenvalue weighted by Gasteiger charge is 2.07. The Kier molecular flexibility index (Phi) is 7.83. The van der Waals surface area contributed by atoms with Crippen LogP contribution in [0.2, 0.25) is 0 Å². The van der Waals surface area contributed by atoms with Crippen molar-refractivity contribution in [2.75, 3.05) is 30.7 Å². The van der Waals surface area contributed by atoms with Crippen molar-refractivity contribution in [1.82, 2.24) is 4.90 Å². The number of rotatable bonds is 9. The normalized spacial score (nSPS) is 10.9. The van der Waals surface area contributed by atoms with Gasteiger partial charge in [-0.05, 0) is 69.6 Å². The lowest BCUT2D eigenvalue weighted by atomic mass is 10.1. The van der Waals surface area contributed by atoms with Crippen LogP contribution in [0, 0.1) is 6.92 Å². The van der Waals surface area contributed by atoms with Crippen LogP contribution in [0.4, 0.5) is 11.4 Å². The fourth-order valence-electron chi connectivity index (χ4n) is 2.47. The van der Waals surface area contributed by atoms with Crippen molar-refractivity contribution in [3.63, 3.8) is 0 Å². The van der Waals surface area contributed by atoms with Crippen molar-refractivity contribution in [3.05, 3.63) is 23.8 Å². The van der Waals surface area contributed by atoms with Gasteiger partial charge in [0.2, 0.25) is 5.91 Å². The smallest absolute Gasteiger partial charge is 0.224 e. The minimum Gasteiger partial charge on any atom is -0.399 e. The van der Waals surface area contributed by atoms with Gasteiger partial charge in [0.1, 0.15) is 0 Å². The molecule has 0 atom stereocenters. The Bertz CT molecular complexity index is 440. The topological polar surface area (TPSA) is 58.4 Å². The highest BCUT2D eigenvalue weighted by atomic mass is 16.1. The van der Waals surface area contributed by atoms with Crippen LogP contribution in [0.1, 0.15) is 45.1 Å². The number of hydrogen-bond donors (Lipinski definition) is 2. The maximum Gasteiger partial charge on any atom is 0.224 e. The molecule has 1 rings (SSSR count). The molecule has 0 fully saturated rings. The number of nitrogens with one attached hydrogen (secondary N) is 1. The summed E-state index contributed by atoms with van der Waals surface area (Å²) in [6, 6.07) is 5.55. The summed E-state index contributed by atoms with van der Waals surface area (Å²) in [4.78, 5) is 14.4. The van der Waals surface area contributed by atoms with E-state index < -0.39 is 0 Å². The molecule has 0 spiro atoms. The molecular weight excluding hydrogens is 262 g/mol. The monoisotopic (exact) mass is 291 g/mol. The van der Waals surface area contributed by atoms with Crippen LogP contribution < -0.4 is 11.1 Å². The number of nitrogens with zero attached hydrogens (tertiary/aromatic N) is 1. The first kappa shape index (κ1) is 17.5. The third-order valence-electron chi connectivity index (χ3n) is 3.48. The van der Waals surface area contributed by atoms with Gasteiger partial charge in [-0.3, -0.25) is 4.79 Å². The van der Waals surface area contributed by atoms with Gasteiger partial charge in [0, 0.05) is 17.8 Å². The molecule has 0 aliphatic rings. The summed E-state index contributed by atoms with van der Waals surface area (Å²) in [5, 5.41) is 2.96. The molecule has 0 bridgehead atoms. The first-order valence-electron chi connectivity index (χ1n) is 7.95. The molecule has 4 heteroatoms. The zero-order valence-corrected chi connectivity index (χ0v) is 13.6. The van der Waals surface area contributed by atoms with E-state index in [0.29, 0.717) is 6.42 Å². The molecule has 1 aromatic rings. The lowest BCUT2D eigenvalue weighted by molar-refractivity contribution is -0.116. The second-order valence-electron chi connectivity index (χ2n) is 5.57. The van der Waals surface area contributed by atoms with Crippen LogP contribution >= 0.6 is 0 Å². The number of carbonyl (C=O) groups excluding carboxylic acids is 1. The van der Waals surface area contributed by atoms with E-state index in [1.165, 1.54) is 0 Å². The molecule has 0 heterocycles. The van der Waals surface area contributed by atoms with Crippen LogP contribution in [0.5, 0.6) is 0 Å². The van der Waals surface area contributed by atoms with Crippen molar-refractivity contribution in [3.8, 4) is 0 Å². The number of nitrogen functional groups attached to an aromatic ring is 1. The lowest BCUT2D eigenvalue weighted by Gasteiger charge is -2.20. The summed E-state index contributed by atoms with van der Waals surface area (Å²) in [6.45, 7) is 9.57. The molecule has 0 unspecified atom stereocenters. The van der Waals surface area contributed by atoms with Gasteiger partial charge >= 0.3 is 0 Å². The molecule has 0 saturated carbocycles. The predicted molar refractivity (Wildman–Crippen MR) is 90.5 cm³/mol. The lowest BCUT2D eigenvalue weighted by Crippen LogP contribution is -2.27. The van der Waals surface area contributed by atoms with Crippen molar-refractivity contribution in [2.24, 2.45) is 0 Å². The average molecular weight is 291 g/mol. The molecule has 21 heavy (non-hydrogen) atoms. The molecule has 4 nitrogen and oxygen atoms in total. The highest BCUT2D eigenvalue weighted by Crippen LogP contribution is 2.17. The molecule has 0 radical (unpaired) electrons. The van der Waals surface area contributed by atoms with E-state index in [0.717, 1.165) is 55.8 Å². The number of anilines is 2. The average Bonchev–Trinajstić information content (AvgIpc) is 2.42. The molecule has 0 aliphatic carbocycles. The number of benzene rings is 1. The van der Waals surface area contributed by atoms with Crippen molar-refractivity contribution in [1.29, 1.82) is 0 Å². The highest BCUT2D eigenvalue weighted by molar-refractivity contribution is 5.91. The van der Waals surface area contributed by atoms with E-state index in [-0.39, 0.29) is 5.91 Å². The zero-order chi connectivity index (χ0) is 15.7. The van der Waals surface area contributed by atoms with Gasteiger partial charge in [0.15, 0.2) is 0 Å². The predicted octanol–water partition coefficient (Wildman–Crippen LogP) is 3.42. The van der Waals surface area contributed by atoms with Gasteiger partial charge in [-0.2, -0.15) is 0 Å². The molecular formula is C17H29N3O. The SMILES string of the molecule is CCCN(CCC)CCCC(=O)Nc1ccc(N)cc1C. The Morgan fingerprint density at radius 2 is 1.86 bits per heavy atom. The molecule has 118 valence electrons. The van der Waals surface area contributed by atoms with Crippen LogP contribution in [0.3, 0.4) is 0 Å². The maximum atomic E-state index is 12.0. The van der Waals surface area contributed by atoms with Crippen molar-refractivity contribution >= 4 is 17.3 Å². The summed E-state index contributed by atoms with van der Waals surface area (Å²) < 4.78 is 0. The van der Waals surface area contributed by atoms with Crippen molar-refractivity contribution < 1.29 is 4.79 Å². The first-order valence-corrected chi connectivity index (χ1v) is 7.95. The fraction of sp³-hybridized carbons (Fsp3) is 0.588. The number of carbonyl (C=O) groups is 1. The van der Waals surface area contributed by atoms with Gasteiger partial charge in [-0.1, -0.05) is 13.8 Å². The summed E-state index contributed by atoms with van der Waals surface area (Å²) >= 11 is 0. The molecule has 1 aromatic carbocycles. The van der Waals surface area contributed by atoms with Gasteiger partial charge in [0.05, 0.1) is 0 Å². The summed E-state index contributed by atoms with van der Waals surface area (Å²) in [7, 11) is 0. The Morgan fingerprint density at radius 1 is 1.19 bits per heavy atom. The second-order valence-corrected chi connectivity index (χ2v) is 5.57. The number of nitrogens with two attached hydrogens (primary N) is 1. The number of amides is 1. The van der Waals surface area contributed by atoms with E-state index in [4.69, 9.17) is 5.73 Å². The van der Waals surface area contributed by atoms with E-state index in [1.807, 2.05) is 25.1 Å². The minimum absolute atomic E-state index is 0.0795. The van der Waals surface area contributed by atoms with Gasteiger partial charge in [0.25, 0.3) is 0 Å². The van der Waals surface area contributed by atoms with E-state index in [1.54, 1.807) is 0 Å². The maximum absolute atomic E-state index is 12.0. The summed E-state index contributed by atoms with van der Waals surface area (Å²) in [6.07, 6.45) is 3.79. The molecule has 0 saturated heterocycles. The fourth-order valence-corrected chi connectivity index (χ4v) is 2.47. The molecule has 0 aromatic heterocycles. The summed E-state index contributed by atoms with van der Waals surface area (Å²) in [5.74, 6) is 0.0795. The summed E-state index contributed by atoms with van der Waals surface area (Å²) in [5.41, 5.74) is 8.29. The van der Waals surface area contributed by atoms with E-state index >= 15 is 0 Å². The minimum atomic E-state index is 0.0795. The molecule has 0 aliphatic heterocycles. The quantitative estimate of drug-likeness (QED) is 0.685. The Hall–Kier alpha value is -1.55. The van der Waals surface area contributed by atoms with Gasteiger partial charge in [-0.15, -0.1) is 0 Å². The van der Waals surface area contributed by atoms with Gasteiger partial charge in [-0.25, -0.2) is 0 Å². The third kappa shape index (κ3) is 6.63. The van der Waals surface area contributed by atoms with Crippen LogP contribution in [0.25, 0.3) is 0 Å². The van der Waals surface area contributed by atoms with Crippen molar-refractivity contribution in [2.45, 2.75) is 46.5 Å². The van der Waals surface area contributed by atoms with Crippen LogP contribution in [-0.2, 0) is 4.79 Å². The second kappa shape index (κ2) is 9.40. The van der Waals surface area contributed by atoms with Crippen LogP contribution in [-0.4, -0.2) is 30.4 Å². The Morgan fingerprint density at radius 3 is 2.43 bits per heavy atom. The van der Waals surface area contributed by atoms with E-state index in [9.17, 15) is 4.79 Å². The van der Waals surface area contributed by atoms with E-state index in [2.05, 4.69) is 24.1 Å². The Balaban J connectivity index is 2.36. The van der Waals surface area contributed by atoms with Crippen LogP contribution in [0.15, 0.2) is 18.2 Å². The largest absolute Gasteiger partial charge is 0.399 e. The standard InChI is InChI=1S/C17H29N3O/c1-4-10-20(11-5-2)12-6-7-17(21)19-16-9-8-15(18)13-14(16)3/h8-9,13H,4-7,10-12,18H2,1-3H3,(H,19,21). The molecule has 1 amide bonds. The Labute approximate surface area is 128 Å². The number of aryl methyl sites for hydroxylation is 1. The number of hydrogen-bond acceptors (Lipinski definition) is 3. The first-order chi connectivity index (χ1) is 10.1. The molecule has 3 N–H and O–H groups in total. The zero-order valence-electron chi connectivity index (χ0n) is 13.6.